The number of nitrogens with one attached hydrogen (secondary N) is 2. The molecule has 20 heavy (non-hydrogen) atoms. The summed E-state index contributed by atoms with van der Waals surface area (Å²) >= 11 is 3.41. The van der Waals surface area contributed by atoms with Gasteiger partial charge >= 0.3 is 6.03 Å². The van der Waals surface area contributed by atoms with Gasteiger partial charge < -0.3 is 20.1 Å². The van der Waals surface area contributed by atoms with Crippen LogP contribution in [0.15, 0.2) is 16.6 Å². The van der Waals surface area contributed by atoms with Crippen LogP contribution in [-0.2, 0) is 0 Å². The quantitative estimate of drug-likeness (QED) is 0.879. The summed E-state index contributed by atoms with van der Waals surface area (Å²) in [6.07, 6.45) is 4.48. The number of ether oxygens (including phenoxy) is 2. The first-order chi connectivity index (χ1) is 9.63. The Morgan fingerprint density at radius 2 is 1.80 bits per heavy atom. The highest BCUT2D eigenvalue weighted by Gasteiger charge is 2.18. The monoisotopic (exact) mass is 342 g/mol. The van der Waals surface area contributed by atoms with Gasteiger partial charge in [-0.2, -0.15) is 0 Å². The van der Waals surface area contributed by atoms with Crippen LogP contribution < -0.4 is 20.1 Å². The van der Waals surface area contributed by atoms with Gasteiger partial charge in [0, 0.05) is 22.6 Å². The third-order valence-corrected chi connectivity index (χ3v) is 4.07. The van der Waals surface area contributed by atoms with Gasteiger partial charge in [-0.1, -0.05) is 12.8 Å². The predicted octanol–water partition coefficient (Wildman–Crippen LogP) is 3.53. The van der Waals surface area contributed by atoms with Crippen LogP contribution in [0, 0.1) is 0 Å². The van der Waals surface area contributed by atoms with Crippen LogP contribution in [0.1, 0.15) is 25.7 Å². The van der Waals surface area contributed by atoms with E-state index < -0.39 is 0 Å². The number of hydrogen-bond acceptors (Lipinski definition) is 3. The number of carbonyl (C=O) groups is 1. The molecule has 2 amide bonds. The van der Waals surface area contributed by atoms with E-state index in [0.29, 0.717) is 17.2 Å². The van der Waals surface area contributed by atoms with Crippen molar-refractivity contribution >= 4 is 27.6 Å². The maximum absolute atomic E-state index is 12.0. The second-order valence-corrected chi connectivity index (χ2v) is 5.62. The van der Waals surface area contributed by atoms with E-state index >= 15 is 0 Å². The van der Waals surface area contributed by atoms with E-state index in [2.05, 4.69) is 26.6 Å². The molecule has 0 aliphatic heterocycles. The number of anilines is 1. The second kappa shape index (κ2) is 6.83. The average molecular weight is 343 g/mol. The molecule has 5 nitrogen and oxygen atoms in total. The lowest BCUT2D eigenvalue weighted by atomic mass is 10.2. The molecule has 1 aliphatic rings. The zero-order valence-corrected chi connectivity index (χ0v) is 13.2. The van der Waals surface area contributed by atoms with E-state index in [4.69, 9.17) is 9.47 Å². The summed E-state index contributed by atoms with van der Waals surface area (Å²) in [4.78, 5) is 12.0. The third-order valence-electron chi connectivity index (χ3n) is 3.41. The molecule has 1 fully saturated rings. The van der Waals surface area contributed by atoms with E-state index in [0.717, 1.165) is 17.3 Å². The number of rotatable bonds is 4. The smallest absolute Gasteiger partial charge is 0.319 e. The second-order valence-electron chi connectivity index (χ2n) is 4.77. The molecule has 0 bridgehead atoms. The Balaban J connectivity index is 2.06. The van der Waals surface area contributed by atoms with Crippen molar-refractivity contribution in [1.82, 2.24) is 5.32 Å². The lowest BCUT2D eigenvalue weighted by Gasteiger charge is -2.15. The number of benzene rings is 1. The molecule has 0 spiro atoms. The predicted molar refractivity (Wildman–Crippen MR) is 81.7 cm³/mol. The van der Waals surface area contributed by atoms with Crippen molar-refractivity contribution in [2.24, 2.45) is 0 Å². The van der Waals surface area contributed by atoms with Gasteiger partial charge in [-0.25, -0.2) is 4.79 Å². The van der Waals surface area contributed by atoms with Crippen molar-refractivity contribution in [2.75, 3.05) is 19.5 Å². The van der Waals surface area contributed by atoms with Gasteiger partial charge in [-0.05, 0) is 28.8 Å². The normalized spacial score (nSPS) is 14.9. The fourth-order valence-electron chi connectivity index (χ4n) is 2.36. The van der Waals surface area contributed by atoms with Crippen LogP contribution in [0.4, 0.5) is 10.5 Å². The Kier molecular flexibility index (Phi) is 5.11. The van der Waals surface area contributed by atoms with E-state index in [-0.39, 0.29) is 12.1 Å². The van der Waals surface area contributed by atoms with Crippen molar-refractivity contribution < 1.29 is 14.3 Å². The minimum atomic E-state index is -0.190. The molecule has 2 rings (SSSR count). The molecule has 0 atom stereocenters. The SMILES string of the molecule is COc1cc(Br)c(NC(=O)NC2CCCC2)cc1OC. The Morgan fingerprint density at radius 3 is 2.40 bits per heavy atom. The first-order valence-corrected chi connectivity index (χ1v) is 7.42. The molecule has 0 radical (unpaired) electrons. The summed E-state index contributed by atoms with van der Waals surface area (Å²) in [5.74, 6) is 1.19. The number of urea groups is 1. The average Bonchev–Trinajstić information content (AvgIpc) is 2.93. The van der Waals surface area contributed by atoms with Crippen molar-refractivity contribution in [3.05, 3.63) is 16.6 Å². The molecule has 6 heteroatoms. The van der Waals surface area contributed by atoms with Crippen LogP contribution in [-0.4, -0.2) is 26.3 Å². The van der Waals surface area contributed by atoms with Gasteiger partial charge in [0.15, 0.2) is 11.5 Å². The lowest BCUT2D eigenvalue weighted by molar-refractivity contribution is 0.248. The maximum Gasteiger partial charge on any atom is 0.319 e. The molecule has 2 N–H and O–H groups in total. The van der Waals surface area contributed by atoms with Gasteiger partial charge in [0.2, 0.25) is 0 Å². The fourth-order valence-corrected chi connectivity index (χ4v) is 2.79. The molecule has 0 aromatic heterocycles. The Labute approximate surface area is 127 Å². The van der Waals surface area contributed by atoms with Crippen LogP contribution >= 0.6 is 15.9 Å². The van der Waals surface area contributed by atoms with Gasteiger partial charge in [0.25, 0.3) is 0 Å². The lowest BCUT2D eigenvalue weighted by Crippen LogP contribution is -2.36. The minimum Gasteiger partial charge on any atom is -0.493 e. The standard InChI is InChI=1S/C14H19BrN2O3/c1-19-12-7-10(15)11(8-13(12)20-2)17-14(18)16-9-5-3-4-6-9/h7-9H,3-6H2,1-2H3,(H2,16,17,18). The molecular weight excluding hydrogens is 324 g/mol. The molecule has 1 aliphatic carbocycles. The fraction of sp³-hybridized carbons (Fsp3) is 0.500. The summed E-state index contributed by atoms with van der Waals surface area (Å²) in [6.45, 7) is 0. The number of halogens is 1. The number of hydrogen-bond donors (Lipinski definition) is 2. The van der Waals surface area contributed by atoms with Gasteiger partial charge in [0.05, 0.1) is 19.9 Å². The van der Waals surface area contributed by atoms with E-state index in [9.17, 15) is 4.79 Å². The zero-order valence-electron chi connectivity index (χ0n) is 11.7. The largest absolute Gasteiger partial charge is 0.493 e. The highest BCUT2D eigenvalue weighted by Crippen LogP contribution is 2.36. The number of methoxy groups -OCH3 is 2. The zero-order chi connectivity index (χ0) is 14.5. The molecule has 0 saturated heterocycles. The van der Waals surface area contributed by atoms with Crippen molar-refractivity contribution in [2.45, 2.75) is 31.7 Å². The Hall–Kier alpha value is -1.43. The number of amides is 2. The Morgan fingerprint density at radius 1 is 1.20 bits per heavy atom. The molecular formula is C14H19BrN2O3. The highest BCUT2D eigenvalue weighted by molar-refractivity contribution is 9.10. The van der Waals surface area contributed by atoms with Crippen LogP contribution in [0.25, 0.3) is 0 Å². The molecule has 110 valence electrons. The first-order valence-electron chi connectivity index (χ1n) is 6.63. The first kappa shape index (κ1) is 15.0. The molecule has 1 aromatic carbocycles. The molecule has 1 aromatic rings. The topological polar surface area (TPSA) is 59.6 Å². The number of carbonyl (C=O) groups excluding carboxylic acids is 1. The molecule has 0 unspecified atom stereocenters. The van der Waals surface area contributed by atoms with Crippen LogP contribution in [0.5, 0.6) is 11.5 Å². The summed E-state index contributed by atoms with van der Waals surface area (Å²) in [5.41, 5.74) is 0.651. The Bertz CT molecular complexity index is 488. The van der Waals surface area contributed by atoms with Crippen molar-refractivity contribution in [3.8, 4) is 11.5 Å². The summed E-state index contributed by atoms with van der Waals surface area (Å²) in [7, 11) is 3.14. The summed E-state index contributed by atoms with van der Waals surface area (Å²) in [5, 5.41) is 5.81. The highest BCUT2D eigenvalue weighted by atomic mass is 79.9. The molecule has 0 heterocycles. The minimum absolute atomic E-state index is 0.190. The molecule has 1 saturated carbocycles. The van der Waals surface area contributed by atoms with E-state index in [1.165, 1.54) is 12.8 Å². The van der Waals surface area contributed by atoms with Gasteiger partial charge in [-0.3, -0.25) is 0 Å². The van der Waals surface area contributed by atoms with Gasteiger partial charge in [-0.15, -0.1) is 0 Å². The van der Waals surface area contributed by atoms with Crippen LogP contribution in [0.3, 0.4) is 0 Å². The summed E-state index contributed by atoms with van der Waals surface area (Å²) in [6, 6.07) is 3.60. The van der Waals surface area contributed by atoms with Crippen molar-refractivity contribution in [3.63, 3.8) is 0 Å². The summed E-state index contributed by atoms with van der Waals surface area (Å²) < 4.78 is 11.2. The van der Waals surface area contributed by atoms with E-state index in [1.807, 2.05) is 0 Å². The van der Waals surface area contributed by atoms with Crippen LogP contribution in [0.2, 0.25) is 0 Å². The maximum atomic E-state index is 12.0. The van der Waals surface area contributed by atoms with Gasteiger partial charge in [0.1, 0.15) is 0 Å². The third kappa shape index (κ3) is 3.56. The van der Waals surface area contributed by atoms with Crippen molar-refractivity contribution in [1.29, 1.82) is 0 Å². The van der Waals surface area contributed by atoms with E-state index in [1.54, 1.807) is 26.4 Å².